The van der Waals surface area contributed by atoms with Crippen molar-refractivity contribution < 1.29 is 9.53 Å². The summed E-state index contributed by atoms with van der Waals surface area (Å²) < 4.78 is 7.09. The van der Waals surface area contributed by atoms with E-state index in [-0.39, 0.29) is 11.7 Å². The van der Waals surface area contributed by atoms with Gasteiger partial charge in [0.15, 0.2) is 11.0 Å². The van der Waals surface area contributed by atoms with E-state index >= 15 is 0 Å². The Labute approximate surface area is 177 Å². The van der Waals surface area contributed by atoms with E-state index < -0.39 is 0 Å². The van der Waals surface area contributed by atoms with Crippen LogP contribution in [0.5, 0.6) is 5.75 Å². The van der Waals surface area contributed by atoms with Crippen LogP contribution in [0.3, 0.4) is 0 Å². The van der Waals surface area contributed by atoms with Gasteiger partial charge in [0.05, 0.1) is 23.6 Å². The van der Waals surface area contributed by atoms with E-state index in [9.17, 15) is 4.79 Å². The molecule has 0 saturated heterocycles. The van der Waals surface area contributed by atoms with Crippen LogP contribution < -0.4 is 10.1 Å². The number of amides is 1. The Balaban J connectivity index is 1.69. The molecule has 3 rings (SSSR count). The average molecular weight is 437 g/mol. The number of rotatable bonds is 6. The molecule has 0 atom stereocenters. The van der Waals surface area contributed by atoms with Crippen molar-refractivity contribution >= 4 is 46.6 Å². The van der Waals surface area contributed by atoms with E-state index in [1.807, 2.05) is 36.7 Å². The summed E-state index contributed by atoms with van der Waals surface area (Å²) >= 11 is 13.6. The monoisotopic (exact) mass is 436 g/mol. The van der Waals surface area contributed by atoms with Gasteiger partial charge in [-0.25, -0.2) is 0 Å². The summed E-state index contributed by atoms with van der Waals surface area (Å²) in [5.74, 6) is 1.13. The Morgan fingerprint density at radius 1 is 1.21 bits per heavy atom. The fraction of sp³-hybridized carbons (Fsp3) is 0.211. The zero-order valence-electron chi connectivity index (χ0n) is 15.5. The molecule has 2 aromatic carbocycles. The lowest BCUT2D eigenvalue weighted by Crippen LogP contribution is -2.15. The minimum Gasteiger partial charge on any atom is -0.495 e. The molecule has 0 aliphatic rings. The van der Waals surface area contributed by atoms with E-state index in [0.29, 0.717) is 32.5 Å². The van der Waals surface area contributed by atoms with Gasteiger partial charge in [0.1, 0.15) is 5.75 Å². The molecule has 3 aromatic rings. The largest absolute Gasteiger partial charge is 0.495 e. The Bertz CT molecular complexity index is 1020. The van der Waals surface area contributed by atoms with Gasteiger partial charge in [-0.15, -0.1) is 10.2 Å². The molecular weight excluding hydrogens is 419 g/mol. The van der Waals surface area contributed by atoms with E-state index in [4.69, 9.17) is 27.9 Å². The maximum Gasteiger partial charge on any atom is 0.234 e. The summed E-state index contributed by atoms with van der Waals surface area (Å²) in [7, 11) is 3.37. The maximum atomic E-state index is 12.4. The highest BCUT2D eigenvalue weighted by Crippen LogP contribution is 2.31. The molecular formula is C19H18Cl2N4O2S. The lowest BCUT2D eigenvalue weighted by atomic mass is 10.2. The highest BCUT2D eigenvalue weighted by Gasteiger charge is 2.16. The van der Waals surface area contributed by atoms with E-state index in [1.54, 1.807) is 18.2 Å². The first kappa shape index (κ1) is 20.5. The van der Waals surface area contributed by atoms with Gasteiger partial charge in [-0.2, -0.15) is 0 Å². The fourth-order valence-electron chi connectivity index (χ4n) is 2.56. The first-order valence-corrected chi connectivity index (χ1v) is 10.1. The van der Waals surface area contributed by atoms with Crippen LogP contribution in [-0.4, -0.2) is 33.5 Å². The summed E-state index contributed by atoms with van der Waals surface area (Å²) in [4.78, 5) is 12.4. The normalized spacial score (nSPS) is 10.8. The number of halogens is 2. The summed E-state index contributed by atoms with van der Waals surface area (Å²) in [6.45, 7) is 1.86. The Hall–Kier alpha value is -2.22. The average Bonchev–Trinajstić information content (AvgIpc) is 3.03. The molecule has 0 fully saturated rings. The fourth-order valence-corrected chi connectivity index (χ4v) is 3.65. The van der Waals surface area contributed by atoms with Gasteiger partial charge in [-0.3, -0.25) is 4.79 Å². The minimum absolute atomic E-state index is 0.166. The van der Waals surface area contributed by atoms with Crippen molar-refractivity contribution in [3.05, 3.63) is 52.0 Å². The maximum absolute atomic E-state index is 12.4. The number of benzene rings is 2. The smallest absolute Gasteiger partial charge is 0.234 e. The van der Waals surface area contributed by atoms with Crippen molar-refractivity contribution in [2.45, 2.75) is 12.1 Å². The van der Waals surface area contributed by atoms with Crippen LogP contribution in [0.15, 0.2) is 41.6 Å². The third-order valence-corrected chi connectivity index (χ3v) is 5.79. The van der Waals surface area contributed by atoms with Crippen molar-refractivity contribution in [2.75, 3.05) is 18.2 Å². The number of methoxy groups -OCH3 is 1. The molecule has 0 unspecified atom stereocenters. The summed E-state index contributed by atoms with van der Waals surface area (Å²) in [6, 6.07) is 10.9. The zero-order valence-corrected chi connectivity index (χ0v) is 17.8. The quantitative estimate of drug-likeness (QED) is 0.559. The standard InChI is InChI=1S/C19H18Cl2N4O2S/c1-11-8-15(16(27-3)9-14(11)21)22-17(26)10-28-19-24-23-18(25(19)2)12-6-4-5-7-13(12)20/h4-9H,10H2,1-3H3,(H,22,26). The van der Waals surface area contributed by atoms with E-state index in [1.165, 1.54) is 18.9 Å². The highest BCUT2D eigenvalue weighted by molar-refractivity contribution is 7.99. The number of carbonyl (C=O) groups is 1. The minimum atomic E-state index is -0.188. The summed E-state index contributed by atoms with van der Waals surface area (Å²) in [5.41, 5.74) is 2.21. The van der Waals surface area contributed by atoms with E-state index in [0.717, 1.165) is 11.1 Å². The van der Waals surface area contributed by atoms with Crippen LogP contribution in [-0.2, 0) is 11.8 Å². The number of nitrogens with one attached hydrogen (secondary N) is 1. The number of ether oxygens (including phenoxy) is 1. The summed E-state index contributed by atoms with van der Waals surface area (Å²) in [6.07, 6.45) is 0. The Kier molecular flexibility index (Phi) is 6.49. The van der Waals surface area contributed by atoms with Gasteiger partial charge >= 0.3 is 0 Å². The first-order valence-electron chi connectivity index (χ1n) is 8.31. The Morgan fingerprint density at radius 3 is 2.68 bits per heavy atom. The number of aromatic nitrogens is 3. The molecule has 1 heterocycles. The number of hydrogen-bond acceptors (Lipinski definition) is 5. The third kappa shape index (κ3) is 4.43. The molecule has 0 aliphatic carbocycles. The van der Waals surface area contributed by atoms with Crippen molar-refractivity contribution in [1.29, 1.82) is 0 Å². The van der Waals surface area contributed by atoms with Crippen LogP contribution in [0.4, 0.5) is 5.69 Å². The van der Waals surface area contributed by atoms with Gasteiger partial charge in [-0.1, -0.05) is 47.1 Å². The molecule has 28 heavy (non-hydrogen) atoms. The summed E-state index contributed by atoms with van der Waals surface area (Å²) in [5, 5.41) is 13.0. The molecule has 1 N–H and O–H groups in total. The molecule has 0 bridgehead atoms. The van der Waals surface area contributed by atoms with Gasteiger partial charge in [0.25, 0.3) is 0 Å². The second kappa shape index (κ2) is 8.86. The van der Waals surface area contributed by atoms with Gasteiger partial charge in [-0.05, 0) is 30.7 Å². The number of nitrogens with zero attached hydrogens (tertiary/aromatic N) is 3. The predicted octanol–water partition coefficient (Wildman–Crippen LogP) is 4.84. The number of aryl methyl sites for hydroxylation is 1. The molecule has 146 valence electrons. The number of thioether (sulfide) groups is 1. The zero-order chi connectivity index (χ0) is 20.3. The number of carbonyl (C=O) groups excluding carboxylic acids is 1. The van der Waals surface area contributed by atoms with Crippen molar-refractivity contribution in [3.8, 4) is 17.1 Å². The molecule has 6 nitrogen and oxygen atoms in total. The van der Waals surface area contributed by atoms with Gasteiger partial charge in [0.2, 0.25) is 5.91 Å². The second-order valence-corrected chi connectivity index (χ2v) is 7.74. The molecule has 0 aliphatic heterocycles. The molecule has 9 heteroatoms. The van der Waals surface area contributed by atoms with Crippen LogP contribution in [0.25, 0.3) is 11.4 Å². The molecule has 0 saturated carbocycles. The predicted molar refractivity (Wildman–Crippen MR) is 114 cm³/mol. The third-order valence-electron chi connectivity index (χ3n) is 4.04. The molecule has 1 amide bonds. The van der Waals surface area contributed by atoms with Crippen molar-refractivity contribution in [2.24, 2.45) is 7.05 Å². The lowest BCUT2D eigenvalue weighted by Gasteiger charge is -2.12. The van der Waals surface area contributed by atoms with Gasteiger partial charge in [0, 0.05) is 23.7 Å². The SMILES string of the molecule is COc1cc(Cl)c(C)cc1NC(=O)CSc1nnc(-c2ccccc2Cl)n1C. The van der Waals surface area contributed by atoms with Crippen molar-refractivity contribution in [1.82, 2.24) is 14.8 Å². The first-order chi connectivity index (χ1) is 13.4. The van der Waals surface area contributed by atoms with Crippen molar-refractivity contribution in [3.63, 3.8) is 0 Å². The number of hydrogen-bond donors (Lipinski definition) is 1. The van der Waals surface area contributed by atoms with E-state index in [2.05, 4.69) is 15.5 Å². The molecule has 1 aromatic heterocycles. The van der Waals surface area contributed by atoms with Crippen LogP contribution in [0.1, 0.15) is 5.56 Å². The molecule has 0 spiro atoms. The van der Waals surface area contributed by atoms with Crippen LogP contribution in [0, 0.1) is 6.92 Å². The lowest BCUT2D eigenvalue weighted by molar-refractivity contribution is -0.113. The second-order valence-electron chi connectivity index (χ2n) is 5.98. The molecule has 0 radical (unpaired) electrons. The van der Waals surface area contributed by atoms with Crippen LogP contribution in [0.2, 0.25) is 10.0 Å². The topological polar surface area (TPSA) is 69.0 Å². The Morgan fingerprint density at radius 2 is 1.96 bits per heavy atom. The highest BCUT2D eigenvalue weighted by atomic mass is 35.5. The van der Waals surface area contributed by atoms with Crippen LogP contribution >= 0.6 is 35.0 Å². The number of anilines is 1. The van der Waals surface area contributed by atoms with Gasteiger partial charge < -0.3 is 14.6 Å².